The average Bonchev–Trinajstić information content (AvgIpc) is 3.10. The van der Waals surface area contributed by atoms with E-state index in [1.807, 2.05) is 50.2 Å². The summed E-state index contributed by atoms with van der Waals surface area (Å²) < 4.78 is 55.9. The molecule has 4 aromatic carbocycles. The lowest BCUT2D eigenvalue weighted by Crippen LogP contribution is -2.55. The third-order valence-electron chi connectivity index (χ3n) is 8.79. The molecule has 0 spiro atoms. The fourth-order valence-corrected chi connectivity index (χ4v) is 5.81. The van der Waals surface area contributed by atoms with Gasteiger partial charge in [-0.1, -0.05) is 65.0 Å². The Morgan fingerprint density at radius 2 is 1.32 bits per heavy atom. The van der Waals surface area contributed by atoms with Crippen LogP contribution < -0.4 is 9.47 Å². The summed E-state index contributed by atoms with van der Waals surface area (Å²) in [4.78, 5) is 41.8. The summed E-state index contributed by atoms with van der Waals surface area (Å²) in [7, 11) is 0. The molecular weight excluding hydrogens is 689 g/mol. The van der Waals surface area contributed by atoms with E-state index in [-0.39, 0.29) is 49.6 Å². The number of hydrogen-bond donors (Lipinski definition) is 1. The normalized spacial score (nSPS) is 14.4. The van der Waals surface area contributed by atoms with Crippen LogP contribution >= 0.6 is 0 Å². The number of ether oxygens (including phenoxy) is 3. The predicted molar refractivity (Wildman–Crippen MR) is 192 cm³/mol. The van der Waals surface area contributed by atoms with E-state index in [2.05, 4.69) is 20.8 Å². The monoisotopic (exact) mass is 732 g/mol. The van der Waals surface area contributed by atoms with E-state index in [0.29, 0.717) is 27.7 Å². The van der Waals surface area contributed by atoms with Gasteiger partial charge in [-0.25, -0.2) is 14.5 Å². The maximum atomic E-state index is 14.0. The van der Waals surface area contributed by atoms with Crippen molar-refractivity contribution in [2.45, 2.75) is 71.6 Å². The van der Waals surface area contributed by atoms with Gasteiger partial charge in [-0.3, -0.25) is 9.69 Å². The van der Waals surface area contributed by atoms with Crippen LogP contribution in [0.5, 0.6) is 23.0 Å². The first-order chi connectivity index (χ1) is 25.0. The highest BCUT2D eigenvalue weighted by Gasteiger charge is 2.40. The van der Waals surface area contributed by atoms with E-state index in [4.69, 9.17) is 14.2 Å². The van der Waals surface area contributed by atoms with E-state index < -0.39 is 35.9 Å². The van der Waals surface area contributed by atoms with E-state index in [1.165, 1.54) is 22.6 Å². The lowest BCUT2D eigenvalue weighted by molar-refractivity contribution is -0.137. The van der Waals surface area contributed by atoms with Gasteiger partial charge < -0.3 is 19.3 Å². The van der Waals surface area contributed by atoms with Gasteiger partial charge in [0.1, 0.15) is 29.0 Å². The molecule has 3 amide bonds. The second-order valence-corrected chi connectivity index (χ2v) is 14.4. The lowest BCUT2D eigenvalue weighted by atomic mass is 9.87. The van der Waals surface area contributed by atoms with Crippen LogP contribution in [0.15, 0.2) is 91.0 Å². The molecule has 0 radical (unpaired) electrons. The maximum absolute atomic E-state index is 14.0. The molecule has 0 aromatic heterocycles. The first-order valence-electron chi connectivity index (χ1n) is 17.3. The van der Waals surface area contributed by atoms with E-state index in [9.17, 15) is 32.7 Å². The molecular formula is C41H43F3N2O7. The minimum absolute atomic E-state index is 0.00754. The van der Waals surface area contributed by atoms with Crippen molar-refractivity contribution in [3.05, 3.63) is 119 Å². The maximum Gasteiger partial charge on any atom is 0.416 e. The van der Waals surface area contributed by atoms with Gasteiger partial charge in [0.2, 0.25) is 0 Å². The number of hydrogen-bond acceptors (Lipinski definition) is 6. The summed E-state index contributed by atoms with van der Waals surface area (Å²) in [5.74, 6) is 1.06. The van der Waals surface area contributed by atoms with Gasteiger partial charge in [0.25, 0.3) is 5.91 Å². The molecule has 1 aliphatic heterocycles. The van der Waals surface area contributed by atoms with E-state index in [0.717, 1.165) is 23.3 Å². The minimum atomic E-state index is -4.46. The zero-order valence-corrected chi connectivity index (χ0v) is 30.3. The zero-order chi connectivity index (χ0) is 38.5. The molecule has 4 aromatic rings. The Morgan fingerprint density at radius 3 is 1.85 bits per heavy atom. The Kier molecular flexibility index (Phi) is 11.7. The lowest BCUT2D eigenvalue weighted by Gasteiger charge is -2.37. The number of fused-ring (bicyclic) bond motifs is 1. The molecule has 1 N–H and O–H groups in total. The van der Waals surface area contributed by atoms with Crippen molar-refractivity contribution in [1.82, 2.24) is 9.80 Å². The van der Waals surface area contributed by atoms with Crippen LogP contribution in [0, 0.1) is 5.92 Å². The number of imide groups is 1. The predicted octanol–water partition coefficient (Wildman–Crippen LogP) is 9.86. The number of nitrogens with zero attached hydrogens (tertiary/aromatic N) is 2. The summed E-state index contributed by atoms with van der Waals surface area (Å²) in [5, 5.41) is 10.1. The molecule has 0 aliphatic carbocycles. The highest BCUT2D eigenvalue weighted by atomic mass is 19.4. The first kappa shape index (κ1) is 38.7. The Balaban J connectivity index is 1.29. The van der Waals surface area contributed by atoms with Gasteiger partial charge in [-0.05, 0) is 101 Å². The Hall–Kier alpha value is -5.52. The third kappa shape index (κ3) is 10.1. The third-order valence-corrected chi connectivity index (χ3v) is 8.79. The first-order valence-corrected chi connectivity index (χ1v) is 17.3. The minimum Gasteiger partial charge on any atom is -0.465 e. The molecule has 280 valence electrons. The van der Waals surface area contributed by atoms with Gasteiger partial charge in [0.05, 0.1) is 18.7 Å². The second-order valence-electron chi connectivity index (χ2n) is 14.4. The molecule has 1 aliphatic rings. The van der Waals surface area contributed by atoms with Crippen LogP contribution in [-0.2, 0) is 40.5 Å². The number of carboxylic acid groups (broad SMARTS) is 1. The van der Waals surface area contributed by atoms with Crippen molar-refractivity contribution in [2.24, 2.45) is 5.92 Å². The molecule has 1 atom stereocenters. The number of rotatable bonds is 10. The highest BCUT2D eigenvalue weighted by molar-refractivity contribution is 5.96. The number of benzene rings is 4. The number of amides is 3. The number of alkyl halides is 3. The molecule has 1 heterocycles. The Labute approximate surface area is 306 Å². The molecule has 53 heavy (non-hydrogen) atoms. The van der Waals surface area contributed by atoms with Crippen molar-refractivity contribution in [1.29, 1.82) is 0 Å². The fraction of sp³-hybridized carbons (Fsp3) is 0.341. The number of carbonyl (C=O) groups is 3. The van der Waals surface area contributed by atoms with Crippen molar-refractivity contribution < 1.29 is 46.9 Å². The second kappa shape index (κ2) is 16.0. The SMILES string of the molecule is CC(C)COC(=O)N1Cc2cc(Oc3ccc(C(C)(C)C)cc3)ccc2C[C@H]1C(=O)N(CCc1ccc(Oc2ccc(C(F)(F)F)cc2)cc1)C(=O)O. The van der Waals surface area contributed by atoms with Crippen LogP contribution in [0.25, 0.3) is 0 Å². The molecule has 9 nitrogen and oxygen atoms in total. The van der Waals surface area contributed by atoms with Crippen molar-refractivity contribution in [3.8, 4) is 23.0 Å². The van der Waals surface area contributed by atoms with Crippen molar-refractivity contribution >= 4 is 18.1 Å². The smallest absolute Gasteiger partial charge is 0.416 e. The van der Waals surface area contributed by atoms with Crippen molar-refractivity contribution in [2.75, 3.05) is 13.2 Å². The number of halogens is 3. The molecule has 5 rings (SSSR count). The fourth-order valence-electron chi connectivity index (χ4n) is 5.81. The van der Waals surface area contributed by atoms with Crippen LogP contribution in [0.2, 0.25) is 0 Å². The topological polar surface area (TPSA) is 106 Å². The molecule has 0 unspecified atom stereocenters. The van der Waals surface area contributed by atoms with Crippen LogP contribution in [0.1, 0.15) is 62.4 Å². The van der Waals surface area contributed by atoms with E-state index in [1.54, 1.807) is 30.3 Å². The van der Waals surface area contributed by atoms with Crippen molar-refractivity contribution in [3.63, 3.8) is 0 Å². The summed E-state index contributed by atoms with van der Waals surface area (Å²) in [5.41, 5.74) is 2.58. The molecule has 0 saturated heterocycles. The zero-order valence-electron chi connectivity index (χ0n) is 30.3. The summed E-state index contributed by atoms with van der Waals surface area (Å²) in [6.45, 7) is 10.1. The van der Waals surface area contributed by atoms with Gasteiger partial charge in [0.15, 0.2) is 0 Å². The van der Waals surface area contributed by atoms with Crippen LogP contribution in [-0.4, -0.2) is 52.2 Å². The molecule has 0 bridgehead atoms. The van der Waals surface area contributed by atoms with Gasteiger partial charge in [-0.15, -0.1) is 0 Å². The largest absolute Gasteiger partial charge is 0.465 e. The quantitative estimate of drug-likeness (QED) is 0.173. The summed E-state index contributed by atoms with van der Waals surface area (Å²) in [6.07, 6.45) is -6.40. The number of carbonyl (C=O) groups excluding carboxylic acids is 2. The van der Waals surface area contributed by atoms with Gasteiger partial charge in [0, 0.05) is 13.0 Å². The summed E-state index contributed by atoms with van der Waals surface area (Å²) in [6, 6.07) is 23.0. The summed E-state index contributed by atoms with van der Waals surface area (Å²) >= 11 is 0. The average molecular weight is 733 g/mol. The Bertz CT molecular complexity index is 1900. The molecule has 0 fully saturated rings. The standard InChI is InChI=1S/C41H43F3N2O7/c1-26(2)25-51-39(50)46-24-29-22-35(53-34-16-9-30(10-17-34)40(3,4)5)15-8-28(29)23-36(46)37(47)45(38(48)49)21-20-27-6-13-32(14-7-27)52-33-18-11-31(12-19-33)41(42,43)44/h6-19,22,26,36H,20-21,23-25H2,1-5H3,(H,48,49)/t36-/m0/s1. The van der Waals surface area contributed by atoms with Crippen LogP contribution in [0.4, 0.5) is 22.8 Å². The van der Waals surface area contributed by atoms with Gasteiger partial charge >= 0.3 is 18.4 Å². The molecule has 12 heteroatoms. The van der Waals surface area contributed by atoms with Gasteiger partial charge in [-0.2, -0.15) is 13.2 Å². The van der Waals surface area contributed by atoms with E-state index >= 15 is 0 Å². The Morgan fingerprint density at radius 1 is 0.792 bits per heavy atom. The molecule has 0 saturated carbocycles. The highest BCUT2D eigenvalue weighted by Crippen LogP contribution is 2.33. The van der Waals surface area contributed by atoms with Crippen LogP contribution in [0.3, 0.4) is 0 Å².